The SMILES string of the molecule is CC1(C)C[C@@H](NC(=O)C[C@H](c2ccccc2)c2ncc[nH]2)CCO1. The van der Waals surface area contributed by atoms with Crippen molar-refractivity contribution < 1.29 is 9.53 Å². The minimum Gasteiger partial charge on any atom is -0.375 e. The van der Waals surface area contributed by atoms with Crippen LogP contribution in [0.3, 0.4) is 0 Å². The summed E-state index contributed by atoms with van der Waals surface area (Å²) < 4.78 is 5.72. The predicted molar refractivity (Wildman–Crippen MR) is 92.7 cm³/mol. The molecule has 0 saturated carbocycles. The smallest absolute Gasteiger partial charge is 0.221 e. The largest absolute Gasteiger partial charge is 0.375 e. The van der Waals surface area contributed by atoms with Gasteiger partial charge in [0.05, 0.1) is 11.5 Å². The highest BCUT2D eigenvalue weighted by atomic mass is 16.5. The monoisotopic (exact) mass is 327 g/mol. The number of carbonyl (C=O) groups is 1. The van der Waals surface area contributed by atoms with Crippen LogP contribution >= 0.6 is 0 Å². The van der Waals surface area contributed by atoms with Gasteiger partial charge in [-0.2, -0.15) is 0 Å². The van der Waals surface area contributed by atoms with Crippen molar-refractivity contribution >= 4 is 5.91 Å². The van der Waals surface area contributed by atoms with E-state index in [1.807, 2.05) is 30.3 Å². The second kappa shape index (κ2) is 7.18. The molecule has 2 atom stereocenters. The van der Waals surface area contributed by atoms with Gasteiger partial charge in [-0.15, -0.1) is 0 Å². The van der Waals surface area contributed by atoms with Crippen LogP contribution in [-0.4, -0.2) is 34.1 Å². The molecule has 0 aliphatic carbocycles. The number of amides is 1. The van der Waals surface area contributed by atoms with E-state index in [0.717, 1.165) is 24.2 Å². The average molecular weight is 327 g/mol. The molecule has 1 aliphatic heterocycles. The zero-order valence-electron chi connectivity index (χ0n) is 14.3. The average Bonchev–Trinajstić information content (AvgIpc) is 3.06. The van der Waals surface area contributed by atoms with Crippen molar-refractivity contribution in [1.29, 1.82) is 0 Å². The van der Waals surface area contributed by atoms with Crippen LogP contribution in [0.2, 0.25) is 0 Å². The molecule has 1 saturated heterocycles. The van der Waals surface area contributed by atoms with Gasteiger partial charge in [0, 0.05) is 31.5 Å². The van der Waals surface area contributed by atoms with Crippen LogP contribution in [0.1, 0.15) is 50.4 Å². The Labute approximate surface area is 142 Å². The molecule has 0 bridgehead atoms. The lowest BCUT2D eigenvalue weighted by atomic mass is 9.92. The Hall–Kier alpha value is -2.14. The van der Waals surface area contributed by atoms with E-state index in [0.29, 0.717) is 13.0 Å². The van der Waals surface area contributed by atoms with Gasteiger partial charge < -0.3 is 15.0 Å². The molecule has 128 valence electrons. The zero-order chi connectivity index (χ0) is 17.0. The number of ether oxygens (including phenoxy) is 1. The summed E-state index contributed by atoms with van der Waals surface area (Å²) in [4.78, 5) is 20.1. The molecule has 2 heterocycles. The van der Waals surface area contributed by atoms with Crippen LogP contribution in [0, 0.1) is 0 Å². The van der Waals surface area contributed by atoms with Crippen LogP contribution in [0.15, 0.2) is 42.7 Å². The fraction of sp³-hybridized carbons (Fsp3) is 0.474. The molecule has 0 radical (unpaired) electrons. The van der Waals surface area contributed by atoms with Gasteiger partial charge in [0.15, 0.2) is 0 Å². The van der Waals surface area contributed by atoms with Gasteiger partial charge in [-0.05, 0) is 32.3 Å². The van der Waals surface area contributed by atoms with E-state index in [-0.39, 0.29) is 23.5 Å². The van der Waals surface area contributed by atoms with Gasteiger partial charge in [-0.3, -0.25) is 4.79 Å². The molecule has 24 heavy (non-hydrogen) atoms. The van der Waals surface area contributed by atoms with Crippen LogP contribution in [0.5, 0.6) is 0 Å². The molecule has 0 spiro atoms. The normalized spacial score (nSPS) is 21.2. The number of H-pyrrole nitrogens is 1. The van der Waals surface area contributed by atoms with Gasteiger partial charge in [0.25, 0.3) is 0 Å². The maximum absolute atomic E-state index is 12.6. The number of hydrogen-bond acceptors (Lipinski definition) is 3. The highest BCUT2D eigenvalue weighted by Crippen LogP contribution is 2.27. The third-order valence-electron chi connectivity index (χ3n) is 4.50. The Morgan fingerprint density at radius 3 is 2.88 bits per heavy atom. The molecule has 0 unspecified atom stereocenters. The Morgan fingerprint density at radius 1 is 1.42 bits per heavy atom. The number of rotatable bonds is 5. The van der Waals surface area contributed by atoms with E-state index in [9.17, 15) is 4.79 Å². The molecular formula is C19H25N3O2. The third-order valence-corrected chi connectivity index (χ3v) is 4.50. The molecule has 1 fully saturated rings. The summed E-state index contributed by atoms with van der Waals surface area (Å²) in [5.41, 5.74) is 0.922. The molecule has 2 aromatic rings. The van der Waals surface area contributed by atoms with E-state index in [1.54, 1.807) is 12.4 Å². The number of imidazole rings is 1. The fourth-order valence-electron chi connectivity index (χ4n) is 3.35. The van der Waals surface area contributed by atoms with Crippen LogP contribution < -0.4 is 5.32 Å². The van der Waals surface area contributed by atoms with E-state index >= 15 is 0 Å². The maximum Gasteiger partial charge on any atom is 0.221 e. The Bertz CT molecular complexity index is 653. The first-order valence-electron chi connectivity index (χ1n) is 8.51. The minimum absolute atomic E-state index is 0.0583. The minimum atomic E-state index is -0.171. The number of aromatic nitrogens is 2. The van der Waals surface area contributed by atoms with Gasteiger partial charge in [0.2, 0.25) is 5.91 Å². The van der Waals surface area contributed by atoms with Crippen molar-refractivity contribution in [1.82, 2.24) is 15.3 Å². The van der Waals surface area contributed by atoms with Gasteiger partial charge in [-0.1, -0.05) is 30.3 Å². The summed E-state index contributed by atoms with van der Waals surface area (Å²) in [7, 11) is 0. The fourth-order valence-corrected chi connectivity index (χ4v) is 3.35. The Kier molecular flexibility index (Phi) is 5.00. The lowest BCUT2D eigenvalue weighted by Gasteiger charge is -2.36. The lowest BCUT2D eigenvalue weighted by molar-refractivity contribution is -0.124. The highest BCUT2D eigenvalue weighted by Gasteiger charge is 2.30. The van der Waals surface area contributed by atoms with Gasteiger partial charge >= 0.3 is 0 Å². The first-order chi connectivity index (χ1) is 11.5. The number of nitrogens with one attached hydrogen (secondary N) is 2. The van der Waals surface area contributed by atoms with E-state index in [1.165, 1.54) is 0 Å². The Morgan fingerprint density at radius 2 is 2.21 bits per heavy atom. The van der Waals surface area contributed by atoms with Crippen LogP contribution in [0.4, 0.5) is 0 Å². The third kappa shape index (κ3) is 4.23. The highest BCUT2D eigenvalue weighted by molar-refractivity contribution is 5.77. The van der Waals surface area contributed by atoms with E-state index in [2.05, 4.69) is 29.1 Å². The van der Waals surface area contributed by atoms with Crippen LogP contribution in [-0.2, 0) is 9.53 Å². The van der Waals surface area contributed by atoms with Crippen molar-refractivity contribution in [2.75, 3.05) is 6.61 Å². The molecule has 2 N–H and O–H groups in total. The lowest BCUT2D eigenvalue weighted by Crippen LogP contribution is -2.46. The van der Waals surface area contributed by atoms with Crippen LogP contribution in [0.25, 0.3) is 0 Å². The maximum atomic E-state index is 12.6. The van der Waals surface area contributed by atoms with Gasteiger partial charge in [-0.25, -0.2) is 4.98 Å². The second-order valence-electron chi connectivity index (χ2n) is 7.01. The van der Waals surface area contributed by atoms with Crippen molar-refractivity contribution in [2.24, 2.45) is 0 Å². The summed E-state index contributed by atoms with van der Waals surface area (Å²) in [5, 5.41) is 3.18. The summed E-state index contributed by atoms with van der Waals surface area (Å²) in [5.74, 6) is 0.820. The quantitative estimate of drug-likeness (QED) is 0.887. The first kappa shape index (κ1) is 16.7. The molecule has 1 amide bonds. The summed E-state index contributed by atoms with van der Waals surface area (Å²) in [6, 6.07) is 10.2. The van der Waals surface area contributed by atoms with Crippen molar-refractivity contribution in [3.8, 4) is 0 Å². The molecule has 5 nitrogen and oxygen atoms in total. The molecule has 1 aliphatic rings. The van der Waals surface area contributed by atoms with Gasteiger partial charge in [0.1, 0.15) is 5.82 Å². The standard InChI is InChI=1S/C19H25N3O2/c1-19(2)13-15(8-11-24-19)22-17(23)12-16(18-20-9-10-21-18)14-6-4-3-5-7-14/h3-7,9-10,15-16H,8,11-13H2,1-2H3,(H,20,21)(H,22,23)/t15-,16+/m0/s1. The number of benzene rings is 1. The van der Waals surface area contributed by atoms with Crippen molar-refractivity contribution in [3.63, 3.8) is 0 Å². The molecule has 3 rings (SSSR count). The number of carbonyl (C=O) groups excluding carboxylic acids is 1. The van der Waals surface area contributed by atoms with E-state index in [4.69, 9.17) is 4.74 Å². The second-order valence-corrected chi connectivity index (χ2v) is 7.01. The Balaban J connectivity index is 1.68. The summed E-state index contributed by atoms with van der Waals surface area (Å²) in [6.07, 6.45) is 5.62. The molecule has 1 aromatic heterocycles. The summed E-state index contributed by atoms with van der Waals surface area (Å²) in [6.45, 7) is 4.83. The number of nitrogens with zero attached hydrogens (tertiary/aromatic N) is 1. The zero-order valence-corrected chi connectivity index (χ0v) is 14.3. The first-order valence-corrected chi connectivity index (χ1v) is 8.51. The van der Waals surface area contributed by atoms with E-state index < -0.39 is 0 Å². The topological polar surface area (TPSA) is 67.0 Å². The number of aromatic amines is 1. The summed E-state index contributed by atoms with van der Waals surface area (Å²) >= 11 is 0. The number of hydrogen-bond donors (Lipinski definition) is 2. The predicted octanol–water partition coefficient (Wildman–Crippen LogP) is 3.01. The molecular weight excluding hydrogens is 302 g/mol. The van der Waals surface area contributed by atoms with Crippen molar-refractivity contribution in [3.05, 3.63) is 54.1 Å². The molecule has 5 heteroatoms. The van der Waals surface area contributed by atoms with Crippen molar-refractivity contribution in [2.45, 2.75) is 50.7 Å². The molecule has 1 aromatic carbocycles.